The topological polar surface area (TPSA) is 59.7 Å². The van der Waals surface area contributed by atoms with Crippen LogP contribution in [0.2, 0.25) is 0 Å². The molecule has 4 rings (SSSR count). The van der Waals surface area contributed by atoms with Crippen molar-refractivity contribution in [3.05, 3.63) is 60.3 Å². The quantitative estimate of drug-likeness (QED) is 0.639. The molecule has 0 fully saturated rings. The number of carbonyl (C=O) groups excluding carboxylic acids is 1. The first kappa shape index (κ1) is 19.1. The van der Waals surface area contributed by atoms with Crippen molar-refractivity contribution in [3.63, 3.8) is 0 Å². The molecule has 3 aromatic heterocycles. The molecule has 0 saturated carbocycles. The Hall–Kier alpha value is -3.22. The predicted octanol–water partition coefficient (Wildman–Crippen LogP) is 4.56. The van der Waals surface area contributed by atoms with Crippen LogP contribution in [0.3, 0.4) is 0 Å². The van der Waals surface area contributed by atoms with Crippen molar-refractivity contribution in [3.8, 4) is 11.3 Å². The zero-order valence-electron chi connectivity index (χ0n) is 16.7. The van der Waals surface area contributed by atoms with Crippen molar-refractivity contribution >= 4 is 17.2 Å². The Kier molecular flexibility index (Phi) is 4.82. The number of carbonyl (C=O) groups is 1. The van der Waals surface area contributed by atoms with Crippen LogP contribution in [0.25, 0.3) is 22.3 Å². The zero-order valence-corrected chi connectivity index (χ0v) is 16.7. The van der Waals surface area contributed by atoms with Crippen LogP contribution in [0.5, 0.6) is 0 Å². The van der Waals surface area contributed by atoms with E-state index in [-0.39, 0.29) is 11.9 Å². The van der Waals surface area contributed by atoms with Gasteiger partial charge in [-0.05, 0) is 51.0 Å². The molecule has 0 saturated heterocycles. The van der Waals surface area contributed by atoms with Crippen molar-refractivity contribution < 1.29 is 13.9 Å². The van der Waals surface area contributed by atoms with E-state index in [0.717, 1.165) is 16.7 Å². The molecular weight excluding hydrogens is 371 g/mol. The first-order valence-corrected chi connectivity index (χ1v) is 9.58. The van der Waals surface area contributed by atoms with Crippen LogP contribution in [0, 0.1) is 5.82 Å². The van der Waals surface area contributed by atoms with Crippen LogP contribution in [-0.2, 0) is 4.74 Å². The molecule has 3 aromatic rings. The Morgan fingerprint density at radius 3 is 2.79 bits per heavy atom. The lowest BCUT2D eigenvalue weighted by Gasteiger charge is -2.30. The number of fused-ring (bicyclic) bond motifs is 1. The average Bonchev–Trinajstić information content (AvgIpc) is 3.10. The average molecular weight is 394 g/mol. The van der Waals surface area contributed by atoms with E-state index in [9.17, 15) is 9.18 Å². The largest absolute Gasteiger partial charge is 0.444 e. The summed E-state index contributed by atoms with van der Waals surface area (Å²) in [7, 11) is 0. The molecule has 0 aromatic carbocycles. The van der Waals surface area contributed by atoms with E-state index < -0.39 is 5.60 Å². The first-order chi connectivity index (χ1) is 13.8. The van der Waals surface area contributed by atoms with Crippen LogP contribution < -0.4 is 0 Å². The van der Waals surface area contributed by atoms with Gasteiger partial charge >= 0.3 is 6.09 Å². The minimum Gasteiger partial charge on any atom is -0.444 e. The van der Waals surface area contributed by atoms with Crippen molar-refractivity contribution in [2.24, 2.45) is 0 Å². The van der Waals surface area contributed by atoms with E-state index in [2.05, 4.69) is 10.1 Å². The maximum atomic E-state index is 14.5. The standard InChI is InChI=1S/C22H23FN4O2/c1-22(2,3)29-21(28)26-9-6-7-15(14-26)18-11-16(23)12-19(25-18)17-13-24-27-10-5-4-8-20(17)27/h4-5,7-8,10-13H,6,9,14H2,1-3H3. The lowest BCUT2D eigenvalue weighted by Crippen LogP contribution is -2.39. The number of amides is 1. The van der Waals surface area contributed by atoms with Gasteiger partial charge in [-0.2, -0.15) is 5.10 Å². The van der Waals surface area contributed by atoms with Crippen molar-refractivity contribution in [2.45, 2.75) is 32.8 Å². The molecule has 0 radical (unpaired) electrons. The van der Waals surface area contributed by atoms with Crippen molar-refractivity contribution in [2.75, 3.05) is 13.1 Å². The maximum Gasteiger partial charge on any atom is 0.410 e. The van der Waals surface area contributed by atoms with Gasteiger partial charge in [-0.25, -0.2) is 18.7 Å². The summed E-state index contributed by atoms with van der Waals surface area (Å²) in [6, 6.07) is 8.51. The fourth-order valence-corrected chi connectivity index (χ4v) is 3.34. The summed E-state index contributed by atoms with van der Waals surface area (Å²) in [6.07, 6.45) is 5.81. The number of pyridine rings is 2. The second-order valence-electron chi connectivity index (χ2n) is 8.06. The third kappa shape index (κ3) is 4.13. The highest BCUT2D eigenvalue weighted by Crippen LogP contribution is 2.27. The molecule has 1 amide bonds. The van der Waals surface area contributed by atoms with Gasteiger partial charge in [0.15, 0.2) is 0 Å². The summed E-state index contributed by atoms with van der Waals surface area (Å²) >= 11 is 0. The lowest BCUT2D eigenvalue weighted by molar-refractivity contribution is 0.0273. The van der Waals surface area contributed by atoms with Gasteiger partial charge in [-0.3, -0.25) is 0 Å². The molecule has 0 aliphatic carbocycles. The molecule has 150 valence electrons. The van der Waals surface area contributed by atoms with Crippen LogP contribution in [0.1, 0.15) is 32.9 Å². The highest BCUT2D eigenvalue weighted by atomic mass is 19.1. The Morgan fingerprint density at radius 2 is 2.00 bits per heavy atom. The van der Waals surface area contributed by atoms with E-state index in [0.29, 0.717) is 30.9 Å². The summed E-state index contributed by atoms with van der Waals surface area (Å²) in [5.74, 6) is -0.379. The fourth-order valence-electron chi connectivity index (χ4n) is 3.34. The normalized spacial score (nSPS) is 14.8. The molecule has 1 aliphatic heterocycles. The van der Waals surface area contributed by atoms with Gasteiger partial charge in [0.05, 0.1) is 29.6 Å². The molecule has 0 N–H and O–H groups in total. The van der Waals surface area contributed by atoms with Crippen LogP contribution in [0.4, 0.5) is 9.18 Å². The Labute approximate surface area is 168 Å². The van der Waals surface area contributed by atoms with Gasteiger partial charge in [0.2, 0.25) is 0 Å². The van der Waals surface area contributed by atoms with Crippen LogP contribution in [0.15, 0.2) is 48.8 Å². The maximum absolute atomic E-state index is 14.5. The SMILES string of the molecule is CC(C)(C)OC(=O)N1CCC=C(c2cc(F)cc(-c3cnn4ccccc34)n2)C1. The molecule has 7 heteroatoms. The van der Waals surface area contributed by atoms with E-state index in [1.54, 1.807) is 15.6 Å². The van der Waals surface area contributed by atoms with Crippen LogP contribution >= 0.6 is 0 Å². The Balaban J connectivity index is 1.64. The van der Waals surface area contributed by atoms with Gasteiger partial charge in [-0.15, -0.1) is 0 Å². The molecule has 0 spiro atoms. The lowest BCUT2D eigenvalue weighted by atomic mass is 10.0. The molecule has 29 heavy (non-hydrogen) atoms. The fraction of sp³-hybridized carbons (Fsp3) is 0.318. The monoisotopic (exact) mass is 394 g/mol. The number of nitrogens with zero attached hydrogens (tertiary/aromatic N) is 4. The molecule has 0 unspecified atom stereocenters. The summed E-state index contributed by atoms with van der Waals surface area (Å²) < 4.78 is 21.7. The number of rotatable bonds is 2. The number of halogens is 1. The van der Waals surface area contributed by atoms with Gasteiger partial charge < -0.3 is 9.64 Å². The summed E-state index contributed by atoms with van der Waals surface area (Å²) in [5.41, 5.74) is 2.88. The minimum atomic E-state index is -0.563. The van der Waals surface area contributed by atoms with E-state index in [1.165, 1.54) is 12.1 Å². The second-order valence-corrected chi connectivity index (χ2v) is 8.06. The minimum absolute atomic E-state index is 0.333. The zero-order chi connectivity index (χ0) is 20.6. The predicted molar refractivity (Wildman–Crippen MR) is 109 cm³/mol. The second kappa shape index (κ2) is 7.31. The summed E-state index contributed by atoms with van der Waals surface area (Å²) in [5, 5.41) is 4.31. The Morgan fingerprint density at radius 1 is 1.21 bits per heavy atom. The highest BCUT2D eigenvalue weighted by molar-refractivity contribution is 5.79. The third-order valence-electron chi connectivity index (χ3n) is 4.62. The summed E-state index contributed by atoms with van der Waals surface area (Å²) in [6.45, 7) is 6.40. The van der Waals surface area contributed by atoms with Gasteiger partial charge in [0.1, 0.15) is 11.4 Å². The van der Waals surface area contributed by atoms with Crippen molar-refractivity contribution in [1.29, 1.82) is 0 Å². The number of ether oxygens (including phenoxy) is 1. The van der Waals surface area contributed by atoms with Crippen LogP contribution in [-0.4, -0.2) is 44.3 Å². The van der Waals surface area contributed by atoms with E-state index in [1.807, 2.05) is 51.2 Å². The number of hydrogen-bond donors (Lipinski definition) is 0. The smallest absolute Gasteiger partial charge is 0.410 e. The van der Waals surface area contributed by atoms with E-state index >= 15 is 0 Å². The summed E-state index contributed by atoms with van der Waals surface area (Å²) in [4.78, 5) is 18.7. The first-order valence-electron chi connectivity index (χ1n) is 9.58. The molecule has 1 aliphatic rings. The van der Waals surface area contributed by atoms with E-state index in [4.69, 9.17) is 4.74 Å². The third-order valence-corrected chi connectivity index (χ3v) is 4.62. The number of aromatic nitrogens is 3. The molecule has 4 heterocycles. The molecule has 6 nitrogen and oxygen atoms in total. The molecule has 0 atom stereocenters. The van der Waals surface area contributed by atoms with Gasteiger partial charge in [0.25, 0.3) is 0 Å². The molecular formula is C22H23FN4O2. The van der Waals surface area contributed by atoms with Crippen molar-refractivity contribution in [1.82, 2.24) is 19.5 Å². The Bertz CT molecular complexity index is 1100. The van der Waals surface area contributed by atoms with Gasteiger partial charge in [0, 0.05) is 24.4 Å². The highest BCUT2D eigenvalue weighted by Gasteiger charge is 2.25. The number of hydrogen-bond acceptors (Lipinski definition) is 4. The van der Waals surface area contributed by atoms with Gasteiger partial charge in [-0.1, -0.05) is 12.1 Å². The molecule has 0 bridgehead atoms.